The molecule has 0 aliphatic heterocycles. The molecule has 0 atom stereocenters. The molecule has 1 rings (SSSR count). The van der Waals surface area contributed by atoms with Crippen molar-refractivity contribution in [2.24, 2.45) is 17.6 Å². The molecule has 0 aromatic carbocycles. The van der Waals surface area contributed by atoms with Crippen LogP contribution in [0.5, 0.6) is 0 Å². The van der Waals surface area contributed by atoms with Crippen LogP contribution in [-0.4, -0.2) is 37.9 Å². The maximum atomic E-state index is 11.9. The molecular weight excluding hydrogens is 230 g/mol. The van der Waals surface area contributed by atoms with Crippen LogP contribution in [0, 0.1) is 11.8 Å². The maximum absolute atomic E-state index is 11.9. The number of hydrogen-bond acceptors (Lipinski definition) is 4. The van der Waals surface area contributed by atoms with Crippen molar-refractivity contribution in [2.45, 2.75) is 32.6 Å². The normalized spacial score (nSPS) is 23.7. The molecular formula is C13H25N3O2. The first kappa shape index (κ1) is 15.1. The molecule has 104 valence electrons. The number of Topliss-reactive ketones (excluding diaryl/α,β-unsaturated/α-hetero) is 1. The third-order valence-corrected chi connectivity index (χ3v) is 3.60. The summed E-state index contributed by atoms with van der Waals surface area (Å²) in [6, 6.07) is 0. The van der Waals surface area contributed by atoms with Crippen molar-refractivity contribution in [3.05, 3.63) is 0 Å². The third kappa shape index (κ3) is 5.14. The average molecular weight is 255 g/mol. The number of nitrogens with two attached hydrogens (primary N) is 1. The van der Waals surface area contributed by atoms with Crippen molar-refractivity contribution >= 4 is 11.7 Å². The summed E-state index contributed by atoms with van der Waals surface area (Å²) in [5, 5.41) is 6.06. The Hall–Kier alpha value is -0.940. The minimum absolute atomic E-state index is 0.0927. The zero-order valence-corrected chi connectivity index (χ0v) is 11.2. The molecule has 0 heterocycles. The summed E-state index contributed by atoms with van der Waals surface area (Å²) in [6.45, 7) is 4.44. The minimum atomic E-state index is 0.0927. The van der Waals surface area contributed by atoms with Gasteiger partial charge >= 0.3 is 0 Å². The molecule has 1 fully saturated rings. The van der Waals surface area contributed by atoms with Gasteiger partial charge in [0.25, 0.3) is 0 Å². The SMILES string of the molecule is CC(=O)C1CCC(C(=O)NCCNCCN)CC1. The highest BCUT2D eigenvalue weighted by atomic mass is 16.2. The van der Waals surface area contributed by atoms with Crippen molar-refractivity contribution < 1.29 is 9.59 Å². The Kier molecular flexibility index (Phi) is 6.90. The van der Waals surface area contributed by atoms with Gasteiger partial charge in [0.05, 0.1) is 0 Å². The first-order chi connectivity index (χ1) is 8.65. The van der Waals surface area contributed by atoms with Crippen molar-refractivity contribution in [3.8, 4) is 0 Å². The second kappa shape index (κ2) is 8.21. The lowest BCUT2D eigenvalue weighted by atomic mass is 9.80. The van der Waals surface area contributed by atoms with Gasteiger partial charge in [-0.2, -0.15) is 0 Å². The molecule has 1 aliphatic carbocycles. The number of ketones is 1. The van der Waals surface area contributed by atoms with Crippen LogP contribution in [0.3, 0.4) is 0 Å². The van der Waals surface area contributed by atoms with Crippen LogP contribution >= 0.6 is 0 Å². The Labute approximate surface area is 109 Å². The van der Waals surface area contributed by atoms with Crippen LogP contribution in [0.4, 0.5) is 0 Å². The monoisotopic (exact) mass is 255 g/mol. The number of nitrogens with one attached hydrogen (secondary N) is 2. The first-order valence-corrected chi connectivity index (χ1v) is 6.84. The van der Waals surface area contributed by atoms with Crippen LogP contribution in [0.2, 0.25) is 0 Å². The minimum Gasteiger partial charge on any atom is -0.355 e. The lowest BCUT2D eigenvalue weighted by molar-refractivity contribution is -0.128. The molecule has 0 radical (unpaired) electrons. The van der Waals surface area contributed by atoms with E-state index in [0.717, 1.165) is 38.8 Å². The van der Waals surface area contributed by atoms with E-state index in [2.05, 4.69) is 10.6 Å². The Morgan fingerprint density at radius 1 is 1.06 bits per heavy atom. The van der Waals surface area contributed by atoms with Crippen LogP contribution in [-0.2, 0) is 9.59 Å². The summed E-state index contributed by atoms with van der Waals surface area (Å²) < 4.78 is 0. The molecule has 0 spiro atoms. The topological polar surface area (TPSA) is 84.2 Å². The van der Waals surface area contributed by atoms with Crippen LogP contribution in [0.25, 0.3) is 0 Å². The Morgan fingerprint density at radius 3 is 2.22 bits per heavy atom. The van der Waals surface area contributed by atoms with Gasteiger partial charge in [-0.05, 0) is 32.6 Å². The number of hydrogen-bond donors (Lipinski definition) is 3. The van der Waals surface area contributed by atoms with E-state index in [0.29, 0.717) is 13.1 Å². The molecule has 0 saturated heterocycles. The van der Waals surface area contributed by atoms with Gasteiger partial charge in [0.2, 0.25) is 5.91 Å². The van der Waals surface area contributed by atoms with Gasteiger partial charge in [-0.3, -0.25) is 9.59 Å². The molecule has 0 aromatic heterocycles. The van der Waals surface area contributed by atoms with Gasteiger partial charge in [0.15, 0.2) is 0 Å². The largest absolute Gasteiger partial charge is 0.355 e. The molecule has 5 heteroatoms. The van der Waals surface area contributed by atoms with Crippen LogP contribution < -0.4 is 16.4 Å². The Morgan fingerprint density at radius 2 is 1.67 bits per heavy atom. The predicted octanol–water partition coefficient (Wildman–Crippen LogP) is 0.0463. The summed E-state index contributed by atoms with van der Waals surface area (Å²) in [6.07, 6.45) is 3.40. The zero-order valence-electron chi connectivity index (χ0n) is 11.2. The smallest absolute Gasteiger partial charge is 0.223 e. The van der Waals surface area contributed by atoms with E-state index in [1.807, 2.05) is 0 Å². The quantitative estimate of drug-likeness (QED) is 0.561. The van der Waals surface area contributed by atoms with Crippen molar-refractivity contribution in [3.63, 3.8) is 0 Å². The molecule has 4 N–H and O–H groups in total. The molecule has 1 amide bonds. The third-order valence-electron chi connectivity index (χ3n) is 3.60. The molecule has 1 saturated carbocycles. The second-order valence-corrected chi connectivity index (χ2v) is 4.99. The summed E-state index contributed by atoms with van der Waals surface area (Å²) in [5.41, 5.74) is 5.35. The molecule has 1 aliphatic rings. The molecule has 0 bridgehead atoms. The van der Waals surface area contributed by atoms with Crippen LogP contribution in [0.15, 0.2) is 0 Å². The van der Waals surface area contributed by atoms with Gasteiger partial charge in [0, 0.05) is 38.0 Å². The van der Waals surface area contributed by atoms with Gasteiger partial charge < -0.3 is 16.4 Å². The highest BCUT2D eigenvalue weighted by Gasteiger charge is 2.27. The highest BCUT2D eigenvalue weighted by Crippen LogP contribution is 2.29. The summed E-state index contributed by atoms with van der Waals surface area (Å²) >= 11 is 0. The number of carbonyl (C=O) groups excluding carboxylic acids is 2. The Bertz CT molecular complexity index is 273. The fourth-order valence-corrected chi connectivity index (χ4v) is 2.41. The number of carbonyl (C=O) groups is 2. The summed E-state index contributed by atoms with van der Waals surface area (Å²) in [5.74, 6) is 0.668. The van der Waals surface area contributed by atoms with Gasteiger partial charge in [-0.25, -0.2) is 0 Å². The fraction of sp³-hybridized carbons (Fsp3) is 0.846. The summed E-state index contributed by atoms with van der Waals surface area (Å²) in [7, 11) is 0. The zero-order chi connectivity index (χ0) is 13.4. The van der Waals surface area contributed by atoms with E-state index in [1.54, 1.807) is 6.92 Å². The first-order valence-electron chi connectivity index (χ1n) is 6.84. The van der Waals surface area contributed by atoms with E-state index in [1.165, 1.54) is 0 Å². The van der Waals surface area contributed by atoms with E-state index < -0.39 is 0 Å². The van der Waals surface area contributed by atoms with Crippen LogP contribution in [0.1, 0.15) is 32.6 Å². The molecule has 18 heavy (non-hydrogen) atoms. The number of rotatable bonds is 7. The maximum Gasteiger partial charge on any atom is 0.223 e. The van der Waals surface area contributed by atoms with Crippen molar-refractivity contribution in [2.75, 3.05) is 26.2 Å². The standard InChI is InChI=1S/C13H25N3O2/c1-10(17)11-2-4-12(5-3-11)13(18)16-9-8-15-7-6-14/h11-12,15H,2-9,14H2,1H3,(H,16,18). The van der Waals surface area contributed by atoms with E-state index in [9.17, 15) is 9.59 Å². The molecule has 0 aromatic rings. The van der Waals surface area contributed by atoms with E-state index in [-0.39, 0.29) is 23.5 Å². The van der Waals surface area contributed by atoms with E-state index >= 15 is 0 Å². The summed E-state index contributed by atoms with van der Waals surface area (Å²) in [4.78, 5) is 23.1. The fourth-order valence-electron chi connectivity index (χ4n) is 2.41. The Balaban J connectivity index is 2.14. The van der Waals surface area contributed by atoms with Crippen molar-refractivity contribution in [1.29, 1.82) is 0 Å². The van der Waals surface area contributed by atoms with Gasteiger partial charge in [-0.1, -0.05) is 0 Å². The van der Waals surface area contributed by atoms with Gasteiger partial charge in [-0.15, -0.1) is 0 Å². The van der Waals surface area contributed by atoms with E-state index in [4.69, 9.17) is 5.73 Å². The number of amides is 1. The molecule has 5 nitrogen and oxygen atoms in total. The molecule has 0 unspecified atom stereocenters. The lowest BCUT2D eigenvalue weighted by Crippen LogP contribution is -2.38. The lowest BCUT2D eigenvalue weighted by Gasteiger charge is -2.26. The van der Waals surface area contributed by atoms with Gasteiger partial charge in [0.1, 0.15) is 5.78 Å². The second-order valence-electron chi connectivity index (χ2n) is 4.99. The average Bonchev–Trinajstić information content (AvgIpc) is 2.38. The van der Waals surface area contributed by atoms with Crippen molar-refractivity contribution in [1.82, 2.24) is 10.6 Å². The predicted molar refractivity (Wildman–Crippen MR) is 71.1 cm³/mol. The highest BCUT2D eigenvalue weighted by molar-refractivity contribution is 5.80.